The second kappa shape index (κ2) is 6.71. The minimum Gasteiger partial charge on any atom is -0.507 e. The van der Waals surface area contributed by atoms with Crippen LogP contribution in [0.15, 0.2) is 47.6 Å². The molecule has 5 nitrogen and oxygen atoms in total. The highest BCUT2D eigenvalue weighted by molar-refractivity contribution is 6.03. The largest absolute Gasteiger partial charge is 0.507 e. The lowest BCUT2D eigenvalue weighted by Gasteiger charge is -2.08. The first-order chi connectivity index (χ1) is 10.5. The molecule has 0 bridgehead atoms. The van der Waals surface area contributed by atoms with Crippen LogP contribution in [-0.4, -0.2) is 21.9 Å². The molecule has 0 aliphatic carbocycles. The zero-order valence-corrected chi connectivity index (χ0v) is 11.9. The molecule has 0 atom stereocenters. The lowest BCUT2D eigenvalue weighted by Crippen LogP contribution is -2.05. The molecule has 0 aromatic heterocycles. The Balaban J connectivity index is 2.28. The fraction of sp³-hybridized carbons (Fsp3) is 0.125. The number of carboxylic acids is 1. The molecule has 0 radical (unpaired) electrons. The van der Waals surface area contributed by atoms with E-state index in [1.807, 2.05) is 6.92 Å². The standard InChI is InChI=1S/C16H15FN2O3/c1-2-14(13-9-11(17)6-7-15(13)20)19-18-12-5-3-4-10(8-12)16(21)22/h3-9,18,20H,2H2,1H3,(H,21,22)/b19-14+. The van der Waals surface area contributed by atoms with Crippen LogP contribution in [0.2, 0.25) is 0 Å². The maximum absolute atomic E-state index is 13.3. The van der Waals surface area contributed by atoms with E-state index in [-0.39, 0.29) is 11.3 Å². The normalized spacial score (nSPS) is 11.3. The van der Waals surface area contributed by atoms with Gasteiger partial charge in [-0.2, -0.15) is 5.10 Å². The van der Waals surface area contributed by atoms with Gasteiger partial charge in [0, 0.05) is 5.56 Å². The van der Waals surface area contributed by atoms with Crippen LogP contribution in [0.3, 0.4) is 0 Å². The summed E-state index contributed by atoms with van der Waals surface area (Å²) < 4.78 is 13.3. The summed E-state index contributed by atoms with van der Waals surface area (Å²) in [6.45, 7) is 1.82. The van der Waals surface area contributed by atoms with Crippen LogP contribution < -0.4 is 5.43 Å². The number of hydrogen-bond donors (Lipinski definition) is 3. The van der Waals surface area contributed by atoms with Crippen LogP contribution in [0.25, 0.3) is 0 Å². The van der Waals surface area contributed by atoms with Gasteiger partial charge in [0.15, 0.2) is 0 Å². The molecule has 2 aromatic rings. The van der Waals surface area contributed by atoms with E-state index in [0.717, 1.165) is 6.07 Å². The molecule has 2 aromatic carbocycles. The Kier molecular flexibility index (Phi) is 4.73. The van der Waals surface area contributed by atoms with Crippen molar-refractivity contribution in [1.82, 2.24) is 0 Å². The molecule has 3 N–H and O–H groups in total. The van der Waals surface area contributed by atoms with Crippen LogP contribution in [0.4, 0.5) is 10.1 Å². The summed E-state index contributed by atoms with van der Waals surface area (Å²) in [4.78, 5) is 10.9. The van der Waals surface area contributed by atoms with E-state index in [0.29, 0.717) is 23.4 Å². The third kappa shape index (κ3) is 3.60. The number of benzene rings is 2. The molecule has 0 saturated carbocycles. The third-order valence-electron chi connectivity index (χ3n) is 3.03. The Morgan fingerprint density at radius 1 is 1.27 bits per heavy atom. The Bertz CT molecular complexity index is 729. The van der Waals surface area contributed by atoms with Gasteiger partial charge < -0.3 is 10.2 Å². The number of nitrogens with zero attached hydrogens (tertiary/aromatic N) is 1. The van der Waals surface area contributed by atoms with E-state index < -0.39 is 11.8 Å². The minimum absolute atomic E-state index is 0.0666. The lowest BCUT2D eigenvalue weighted by molar-refractivity contribution is 0.0697. The number of hydrazone groups is 1. The van der Waals surface area contributed by atoms with Gasteiger partial charge in [0.1, 0.15) is 11.6 Å². The third-order valence-corrected chi connectivity index (χ3v) is 3.03. The number of rotatable bonds is 5. The maximum atomic E-state index is 13.3. The van der Waals surface area contributed by atoms with Crippen molar-refractivity contribution in [2.75, 3.05) is 5.43 Å². The topological polar surface area (TPSA) is 81.9 Å². The summed E-state index contributed by atoms with van der Waals surface area (Å²) in [5.74, 6) is -1.57. The number of phenolic OH excluding ortho intramolecular Hbond substituents is 1. The van der Waals surface area contributed by atoms with Crippen molar-refractivity contribution in [3.05, 3.63) is 59.4 Å². The lowest BCUT2D eigenvalue weighted by atomic mass is 10.1. The Morgan fingerprint density at radius 2 is 2.05 bits per heavy atom. The second-order valence-electron chi connectivity index (χ2n) is 4.57. The van der Waals surface area contributed by atoms with Crippen molar-refractivity contribution in [3.63, 3.8) is 0 Å². The van der Waals surface area contributed by atoms with Crippen LogP contribution in [0.1, 0.15) is 29.3 Å². The molecular formula is C16H15FN2O3. The first-order valence-electron chi connectivity index (χ1n) is 6.66. The van der Waals surface area contributed by atoms with E-state index in [9.17, 15) is 14.3 Å². The first-order valence-corrected chi connectivity index (χ1v) is 6.66. The Hall–Kier alpha value is -2.89. The number of anilines is 1. The van der Waals surface area contributed by atoms with Crippen molar-refractivity contribution in [2.45, 2.75) is 13.3 Å². The van der Waals surface area contributed by atoms with Gasteiger partial charge in [0.25, 0.3) is 0 Å². The van der Waals surface area contributed by atoms with Crippen molar-refractivity contribution in [1.29, 1.82) is 0 Å². The smallest absolute Gasteiger partial charge is 0.335 e. The second-order valence-corrected chi connectivity index (χ2v) is 4.57. The molecule has 6 heteroatoms. The van der Waals surface area contributed by atoms with E-state index in [2.05, 4.69) is 10.5 Å². The highest BCUT2D eigenvalue weighted by Gasteiger charge is 2.09. The molecular weight excluding hydrogens is 287 g/mol. The summed E-state index contributed by atoms with van der Waals surface area (Å²) in [5.41, 5.74) is 4.10. The molecule has 0 fully saturated rings. The van der Waals surface area contributed by atoms with Gasteiger partial charge in [-0.1, -0.05) is 13.0 Å². The molecule has 22 heavy (non-hydrogen) atoms. The summed E-state index contributed by atoms with van der Waals surface area (Å²) >= 11 is 0. The fourth-order valence-corrected chi connectivity index (χ4v) is 1.92. The zero-order chi connectivity index (χ0) is 16.1. The molecule has 0 aliphatic heterocycles. The van der Waals surface area contributed by atoms with Gasteiger partial charge in [-0.3, -0.25) is 5.43 Å². The SMILES string of the molecule is CC/C(=N\Nc1cccc(C(=O)O)c1)c1cc(F)ccc1O. The van der Waals surface area contributed by atoms with Gasteiger partial charge in [0.2, 0.25) is 0 Å². The molecule has 0 unspecified atom stereocenters. The molecule has 2 rings (SSSR count). The molecule has 0 saturated heterocycles. The molecule has 114 valence electrons. The summed E-state index contributed by atoms with van der Waals surface area (Å²) in [7, 11) is 0. The van der Waals surface area contributed by atoms with Crippen molar-refractivity contribution in [3.8, 4) is 5.75 Å². The molecule has 0 aliphatic rings. The average molecular weight is 302 g/mol. The quantitative estimate of drug-likeness (QED) is 0.583. The summed E-state index contributed by atoms with van der Waals surface area (Å²) in [6, 6.07) is 9.78. The number of halogens is 1. The number of carbonyl (C=O) groups is 1. The average Bonchev–Trinajstić information content (AvgIpc) is 2.51. The van der Waals surface area contributed by atoms with Gasteiger partial charge in [-0.15, -0.1) is 0 Å². The van der Waals surface area contributed by atoms with Crippen LogP contribution >= 0.6 is 0 Å². The van der Waals surface area contributed by atoms with Gasteiger partial charge >= 0.3 is 5.97 Å². The zero-order valence-electron chi connectivity index (χ0n) is 11.9. The van der Waals surface area contributed by atoms with Crippen molar-refractivity contribution in [2.24, 2.45) is 5.10 Å². The van der Waals surface area contributed by atoms with Gasteiger partial charge in [-0.25, -0.2) is 9.18 Å². The fourth-order valence-electron chi connectivity index (χ4n) is 1.92. The predicted molar refractivity (Wildman–Crippen MR) is 81.9 cm³/mol. The number of carboxylic acid groups (broad SMARTS) is 1. The highest BCUT2D eigenvalue weighted by Crippen LogP contribution is 2.20. The maximum Gasteiger partial charge on any atom is 0.335 e. The van der Waals surface area contributed by atoms with E-state index >= 15 is 0 Å². The predicted octanol–water partition coefficient (Wildman–Crippen LogP) is 3.46. The van der Waals surface area contributed by atoms with Gasteiger partial charge in [0.05, 0.1) is 17.0 Å². The minimum atomic E-state index is -1.04. The van der Waals surface area contributed by atoms with E-state index in [4.69, 9.17) is 5.11 Å². The monoisotopic (exact) mass is 302 g/mol. The van der Waals surface area contributed by atoms with E-state index in [1.165, 1.54) is 24.3 Å². The Labute approximate surface area is 126 Å². The number of aromatic carboxylic acids is 1. The van der Waals surface area contributed by atoms with Crippen LogP contribution in [-0.2, 0) is 0 Å². The summed E-state index contributed by atoms with van der Waals surface area (Å²) in [6.07, 6.45) is 0.461. The Morgan fingerprint density at radius 3 is 2.73 bits per heavy atom. The number of nitrogens with one attached hydrogen (secondary N) is 1. The molecule has 0 heterocycles. The number of aromatic hydroxyl groups is 1. The van der Waals surface area contributed by atoms with E-state index in [1.54, 1.807) is 12.1 Å². The number of hydrogen-bond acceptors (Lipinski definition) is 4. The van der Waals surface area contributed by atoms with Crippen molar-refractivity contribution >= 4 is 17.4 Å². The highest BCUT2D eigenvalue weighted by atomic mass is 19.1. The van der Waals surface area contributed by atoms with Crippen molar-refractivity contribution < 1.29 is 19.4 Å². The first kappa shape index (κ1) is 15.5. The van der Waals surface area contributed by atoms with Crippen LogP contribution in [0.5, 0.6) is 5.75 Å². The molecule has 0 amide bonds. The van der Waals surface area contributed by atoms with Gasteiger partial charge in [-0.05, 0) is 42.8 Å². The summed E-state index contributed by atoms with van der Waals surface area (Å²) in [5, 5.41) is 22.9. The van der Waals surface area contributed by atoms with Crippen LogP contribution in [0, 0.1) is 5.82 Å². The molecule has 0 spiro atoms. The number of phenols is 1.